The predicted octanol–water partition coefficient (Wildman–Crippen LogP) is 16.2. The Balaban J connectivity index is 0.00000680. The molecule has 13 rings (SSSR count). The summed E-state index contributed by atoms with van der Waals surface area (Å²) < 4.78 is 110. The molecular weight excluding hydrogens is 1060 g/mol. The number of para-hydroxylation sites is 3. The Morgan fingerprint density at radius 1 is 0.583 bits per heavy atom. The molecule has 6 heteroatoms. The third-order valence-electron chi connectivity index (χ3n) is 13.5. The number of fused-ring (bicyclic) bond motifs is 10. The van der Waals surface area contributed by atoms with Gasteiger partial charge in [0.15, 0.2) is 0 Å². The monoisotopic (exact) mass is 1120 g/mol. The van der Waals surface area contributed by atoms with E-state index in [4.69, 9.17) is 22.1 Å². The number of hydrogen-bond acceptors (Lipinski definition) is 2. The molecule has 0 unspecified atom stereocenters. The molecule has 72 heavy (non-hydrogen) atoms. The topological polar surface area (TPSA) is 35.9 Å². The average molecular weight is 1120 g/mol. The summed E-state index contributed by atoms with van der Waals surface area (Å²) in [6.07, 6.45) is 5.50. The van der Waals surface area contributed by atoms with Gasteiger partial charge in [0.1, 0.15) is 5.82 Å². The van der Waals surface area contributed by atoms with Gasteiger partial charge in [0.25, 0.3) is 6.33 Å². The van der Waals surface area contributed by atoms with E-state index in [1.54, 1.807) is 24.3 Å². The standard InChI is InChI=1S/C66H48N4O.Pt/c1-42-18-13-19-43(2)62(42)57-31-16-29-56-54-28-15-27-49(44-20-7-6-8-21-44)63(54)53-26-10-9-24-50(53)55-30-17-33-59-65(55)69(64(56)57)41-68(59)46-22-14-23-47(39-46)71-48-34-35-52-51-25-11-12-32-58(51)70(60(52)40-48)61-38-45(36-37-67-61)66(3,4)5;/h6-38H,1-5H3;/q-2;/i1D3,2D3,6D,7D,8D,20D,21D;. The molecule has 0 atom stereocenters. The van der Waals surface area contributed by atoms with Crippen molar-refractivity contribution in [1.82, 2.24) is 14.1 Å². The van der Waals surface area contributed by atoms with Gasteiger partial charge in [-0.2, -0.15) is 18.2 Å². The van der Waals surface area contributed by atoms with Crippen LogP contribution in [0.4, 0.5) is 0 Å². The van der Waals surface area contributed by atoms with Gasteiger partial charge in [-0.05, 0) is 121 Å². The van der Waals surface area contributed by atoms with Gasteiger partial charge in [-0.25, -0.2) is 4.98 Å². The number of imidazole rings is 1. The number of nitrogens with zero attached hydrogens (tertiary/aromatic N) is 4. The summed E-state index contributed by atoms with van der Waals surface area (Å²) in [7, 11) is 0. The molecular formula is C66H48N4OPt-2. The van der Waals surface area contributed by atoms with Crippen molar-refractivity contribution in [1.29, 1.82) is 0 Å². The van der Waals surface area contributed by atoms with Crippen LogP contribution in [-0.4, -0.2) is 14.1 Å². The summed E-state index contributed by atoms with van der Waals surface area (Å²) in [6.45, 7) is 0.986. The number of aryl methyl sites for hydroxylation is 2. The zero-order chi connectivity index (χ0) is 57.3. The summed E-state index contributed by atoms with van der Waals surface area (Å²) in [5, 5.41) is 2.02. The second-order valence-electron chi connectivity index (χ2n) is 18.7. The molecule has 0 fully saturated rings. The SMILES string of the molecule is [2H]c1c([2H])c([2H])c(-c2cccc3c2-c2ccccc2-c2cccc4c2[n+]([c-]n4-c2[c-]c(Oc4[c-]c5c(cc4)c4ccccc4n5-c4cc(C(C)(C)C)ccn4)ccc2)-c2c-3cccc2-c2c(C([2H])([2H])[2H])cccc2C([2H])([2H])[2H])c([2H])c1[2H].[Pt]. The van der Waals surface area contributed by atoms with Crippen molar-refractivity contribution >= 4 is 32.8 Å². The maximum Gasteiger partial charge on any atom is 0.268 e. The first kappa shape index (κ1) is 34.3. The third-order valence-corrected chi connectivity index (χ3v) is 13.5. The minimum atomic E-state index is -2.77. The Hall–Kier alpha value is -8.11. The summed E-state index contributed by atoms with van der Waals surface area (Å²) in [6, 6.07) is 55.2. The van der Waals surface area contributed by atoms with Crippen LogP contribution < -0.4 is 9.30 Å². The fraction of sp³-hybridized carbons (Fsp3) is 0.0909. The number of benzene rings is 9. The van der Waals surface area contributed by atoms with Crippen LogP contribution >= 0.6 is 0 Å². The summed E-state index contributed by atoms with van der Waals surface area (Å²) in [5.74, 6) is 1.56. The Kier molecular flexibility index (Phi) is 8.39. The summed E-state index contributed by atoms with van der Waals surface area (Å²) in [5.41, 5.74) is 8.91. The molecule has 4 heterocycles. The van der Waals surface area contributed by atoms with E-state index < -0.39 is 31.8 Å². The van der Waals surface area contributed by atoms with Gasteiger partial charge in [0.2, 0.25) is 0 Å². The Bertz CT molecular complexity index is 4590. The second kappa shape index (κ2) is 17.6. The minimum Gasteiger partial charge on any atom is -0.510 e. The van der Waals surface area contributed by atoms with Gasteiger partial charge in [-0.3, -0.25) is 4.57 Å². The van der Waals surface area contributed by atoms with Gasteiger partial charge in [0.05, 0.1) is 23.6 Å². The molecule has 1 aliphatic heterocycles. The third kappa shape index (κ3) is 7.33. The van der Waals surface area contributed by atoms with Gasteiger partial charge >= 0.3 is 0 Å². The van der Waals surface area contributed by atoms with E-state index in [0.29, 0.717) is 67.3 Å². The first-order valence-corrected chi connectivity index (χ1v) is 23.4. The fourth-order valence-corrected chi connectivity index (χ4v) is 10.3. The summed E-state index contributed by atoms with van der Waals surface area (Å²) >= 11 is 0. The molecule has 5 nitrogen and oxygen atoms in total. The molecule has 0 aliphatic carbocycles. The van der Waals surface area contributed by atoms with E-state index in [0.717, 1.165) is 38.8 Å². The van der Waals surface area contributed by atoms with Crippen molar-refractivity contribution < 1.29 is 45.4 Å². The van der Waals surface area contributed by atoms with Crippen LogP contribution in [0.25, 0.3) is 106 Å². The Morgan fingerprint density at radius 3 is 2.07 bits per heavy atom. The first-order valence-electron chi connectivity index (χ1n) is 28.9. The molecule has 1 aliphatic rings. The molecule has 9 aromatic carbocycles. The van der Waals surface area contributed by atoms with Gasteiger partial charge in [-0.15, -0.1) is 29.7 Å². The van der Waals surface area contributed by atoms with Crippen LogP contribution in [0.3, 0.4) is 0 Å². The maximum absolute atomic E-state index is 9.24. The second-order valence-corrected chi connectivity index (χ2v) is 18.7. The minimum absolute atomic E-state index is 0. The molecule has 0 amide bonds. The van der Waals surface area contributed by atoms with E-state index in [1.807, 2.05) is 118 Å². The maximum atomic E-state index is 9.24. The predicted molar refractivity (Wildman–Crippen MR) is 289 cm³/mol. The Labute approximate surface area is 450 Å². The molecule has 0 bridgehead atoms. The number of pyridine rings is 1. The van der Waals surface area contributed by atoms with Gasteiger partial charge < -0.3 is 13.9 Å². The van der Waals surface area contributed by atoms with Gasteiger partial charge in [0, 0.05) is 52.5 Å². The molecule has 0 saturated heterocycles. The van der Waals surface area contributed by atoms with E-state index >= 15 is 0 Å². The molecule has 3 aromatic heterocycles. The van der Waals surface area contributed by atoms with Crippen molar-refractivity contribution in [3.63, 3.8) is 0 Å². The molecule has 350 valence electrons. The van der Waals surface area contributed by atoms with Crippen LogP contribution in [0.2, 0.25) is 0 Å². The summed E-state index contributed by atoms with van der Waals surface area (Å²) in [4.78, 5) is 4.84. The largest absolute Gasteiger partial charge is 0.510 e. The number of rotatable bonds is 6. The molecule has 0 spiro atoms. The van der Waals surface area contributed by atoms with Crippen LogP contribution in [0.1, 0.15) is 52.5 Å². The van der Waals surface area contributed by atoms with E-state index in [2.05, 4.69) is 62.0 Å². The van der Waals surface area contributed by atoms with Crippen molar-refractivity contribution in [2.75, 3.05) is 0 Å². The van der Waals surface area contributed by atoms with Gasteiger partial charge in [-0.1, -0.05) is 172 Å². The smallest absolute Gasteiger partial charge is 0.268 e. The van der Waals surface area contributed by atoms with Crippen molar-refractivity contribution in [3.05, 3.63) is 235 Å². The van der Waals surface area contributed by atoms with Crippen LogP contribution in [0, 0.1) is 32.2 Å². The van der Waals surface area contributed by atoms with Crippen LogP contribution in [0.5, 0.6) is 11.5 Å². The van der Waals surface area contributed by atoms with E-state index in [9.17, 15) is 2.74 Å². The van der Waals surface area contributed by atoms with Crippen LogP contribution in [0.15, 0.2) is 200 Å². The van der Waals surface area contributed by atoms with Crippen molar-refractivity contribution in [3.8, 4) is 84.3 Å². The van der Waals surface area contributed by atoms with Crippen molar-refractivity contribution in [2.45, 2.75) is 39.9 Å². The fourth-order valence-electron chi connectivity index (χ4n) is 10.3. The average Bonchev–Trinajstić information content (AvgIpc) is 4.14. The quantitative estimate of drug-likeness (QED) is 0.123. The van der Waals surface area contributed by atoms with E-state index in [-0.39, 0.29) is 66.4 Å². The van der Waals surface area contributed by atoms with E-state index in [1.165, 1.54) is 18.2 Å². The molecule has 12 aromatic rings. The normalized spacial score (nSPS) is 14.4. The van der Waals surface area contributed by atoms with Crippen LogP contribution in [-0.2, 0) is 26.5 Å². The number of hydrogen-bond donors (Lipinski definition) is 0. The molecule has 0 N–H and O–H groups in total. The molecule has 0 radical (unpaired) electrons. The van der Waals surface area contributed by atoms with Crippen molar-refractivity contribution in [2.24, 2.45) is 0 Å². The Morgan fingerprint density at radius 2 is 1.25 bits per heavy atom. The first-order chi connectivity index (χ1) is 39.2. The zero-order valence-electron chi connectivity index (χ0n) is 50.2. The number of aromatic nitrogens is 4. The zero-order valence-corrected chi connectivity index (χ0v) is 41.5. The molecule has 0 saturated carbocycles. The number of ether oxygens (including phenoxy) is 1.